The molecule has 3 aromatic rings. The van der Waals surface area contributed by atoms with E-state index in [4.69, 9.17) is 10.7 Å². The van der Waals surface area contributed by atoms with Crippen LogP contribution in [0.3, 0.4) is 0 Å². The van der Waals surface area contributed by atoms with Gasteiger partial charge >= 0.3 is 0 Å². The lowest BCUT2D eigenvalue weighted by Crippen LogP contribution is -2.14. The van der Waals surface area contributed by atoms with Crippen LogP contribution in [0.4, 0.5) is 5.82 Å². The molecule has 1 aromatic carbocycles. The number of nitrogens with zero attached hydrogens (tertiary/aromatic N) is 5. The summed E-state index contributed by atoms with van der Waals surface area (Å²) < 4.78 is 1.89. The van der Waals surface area contributed by atoms with Gasteiger partial charge in [0, 0.05) is 18.8 Å². The number of rotatable bonds is 11. The molecule has 5 rings (SSSR count). The highest BCUT2D eigenvalue weighted by Gasteiger charge is 2.29. The molecular formula is C27H39N7S. The van der Waals surface area contributed by atoms with Crippen molar-refractivity contribution in [2.24, 2.45) is 17.6 Å². The Balaban J connectivity index is 1.27. The molecule has 2 aliphatic rings. The number of aromatic nitrogens is 5. The lowest BCUT2D eigenvalue weighted by atomic mass is 9.90. The third-order valence-corrected chi connectivity index (χ3v) is 8.73. The normalized spacial score (nSPS) is 20.7. The molecule has 188 valence electrons. The number of benzene rings is 1. The molecule has 0 radical (unpaired) electrons. The van der Waals surface area contributed by atoms with E-state index in [0.29, 0.717) is 31.0 Å². The topological polar surface area (TPSA) is 94.5 Å². The molecule has 2 aromatic heterocycles. The summed E-state index contributed by atoms with van der Waals surface area (Å²) in [4.78, 5) is 9.45. The summed E-state index contributed by atoms with van der Waals surface area (Å²) >= 11 is 1.66. The fraction of sp³-hybridized carbons (Fsp3) is 0.630. The zero-order valence-electron chi connectivity index (χ0n) is 21.0. The quantitative estimate of drug-likeness (QED) is 0.265. The van der Waals surface area contributed by atoms with Gasteiger partial charge in [0.25, 0.3) is 0 Å². The Morgan fingerprint density at radius 1 is 1.06 bits per heavy atom. The van der Waals surface area contributed by atoms with E-state index >= 15 is 0 Å². The largest absolute Gasteiger partial charge is 0.367 e. The van der Waals surface area contributed by atoms with Gasteiger partial charge in [0.15, 0.2) is 22.1 Å². The number of nitrogens with one attached hydrogen (secondary N) is 1. The van der Waals surface area contributed by atoms with Crippen molar-refractivity contribution in [2.75, 3.05) is 24.2 Å². The average Bonchev–Trinajstić information content (AvgIpc) is 3.64. The number of anilines is 1. The van der Waals surface area contributed by atoms with Crippen LogP contribution < -0.4 is 11.1 Å². The zero-order chi connectivity index (χ0) is 24.0. The first-order valence-electron chi connectivity index (χ1n) is 13.5. The molecule has 3 N–H and O–H groups in total. The van der Waals surface area contributed by atoms with Crippen LogP contribution in [0.15, 0.2) is 29.4 Å². The lowest BCUT2D eigenvalue weighted by molar-refractivity contribution is 0.379. The van der Waals surface area contributed by atoms with Gasteiger partial charge in [-0.2, -0.15) is 0 Å². The van der Waals surface area contributed by atoms with E-state index in [9.17, 15) is 0 Å². The molecule has 7 nitrogen and oxygen atoms in total. The molecule has 35 heavy (non-hydrogen) atoms. The second-order valence-corrected chi connectivity index (χ2v) is 11.4. The van der Waals surface area contributed by atoms with Gasteiger partial charge in [-0.15, -0.1) is 5.10 Å². The van der Waals surface area contributed by atoms with Crippen LogP contribution in [-0.4, -0.2) is 43.8 Å². The van der Waals surface area contributed by atoms with Gasteiger partial charge in [-0.05, 0) is 61.0 Å². The Labute approximate surface area is 213 Å². The molecule has 2 aliphatic carbocycles. The molecule has 0 saturated heterocycles. The lowest BCUT2D eigenvalue weighted by Gasteiger charge is -2.16. The van der Waals surface area contributed by atoms with Crippen molar-refractivity contribution in [3.05, 3.63) is 35.4 Å². The highest BCUT2D eigenvalue weighted by atomic mass is 32.2. The zero-order valence-corrected chi connectivity index (χ0v) is 21.8. The maximum atomic E-state index is 5.69. The minimum Gasteiger partial charge on any atom is -0.367 e. The Bertz CT molecular complexity index is 1090. The monoisotopic (exact) mass is 493 g/mol. The van der Waals surface area contributed by atoms with Gasteiger partial charge < -0.3 is 11.1 Å². The van der Waals surface area contributed by atoms with Crippen molar-refractivity contribution in [2.45, 2.75) is 82.3 Å². The maximum Gasteiger partial charge on any atom is 0.191 e. The Morgan fingerprint density at radius 3 is 2.66 bits per heavy atom. The van der Waals surface area contributed by atoms with Crippen molar-refractivity contribution in [1.29, 1.82) is 0 Å². The van der Waals surface area contributed by atoms with E-state index in [-0.39, 0.29) is 0 Å². The second kappa shape index (κ2) is 11.7. The van der Waals surface area contributed by atoms with Gasteiger partial charge in [0.05, 0.1) is 6.54 Å². The van der Waals surface area contributed by atoms with Crippen LogP contribution in [0.1, 0.15) is 81.8 Å². The molecule has 0 aliphatic heterocycles. The first-order valence-corrected chi connectivity index (χ1v) is 14.5. The number of fused-ring (bicyclic) bond motifs is 1. The standard InChI is InChI=1S/C27H39N7S/c1-2-15-35-27-30-25(29-14-13-28)24-26(31-27)34(33-32-24)18-20-7-10-22(11-8-20)23-12-9-21(17-23)16-19-5-3-4-6-19/h7-8,10-11,19,21,23H,2-6,9,12-18,28H2,1H3,(H,29,30,31). The molecule has 2 atom stereocenters. The summed E-state index contributed by atoms with van der Waals surface area (Å²) in [6.07, 6.45) is 12.5. The second-order valence-electron chi connectivity index (χ2n) is 10.3. The van der Waals surface area contributed by atoms with E-state index in [1.807, 2.05) is 4.68 Å². The van der Waals surface area contributed by atoms with Gasteiger partial charge in [0.1, 0.15) is 0 Å². The minimum absolute atomic E-state index is 0.533. The van der Waals surface area contributed by atoms with Crippen molar-refractivity contribution in [3.63, 3.8) is 0 Å². The Kier molecular flexibility index (Phi) is 8.19. The predicted octanol–water partition coefficient (Wildman–Crippen LogP) is 5.61. The summed E-state index contributed by atoms with van der Waals surface area (Å²) in [6, 6.07) is 9.19. The molecule has 0 bridgehead atoms. The van der Waals surface area contributed by atoms with Crippen molar-refractivity contribution >= 4 is 28.7 Å². The average molecular weight is 494 g/mol. The Hall–Kier alpha value is -2.19. The summed E-state index contributed by atoms with van der Waals surface area (Å²) in [7, 11) is 0. The SMILES string of the molecule is CCCSc1nc(NCCN)c2nnn(Cc3ccc(C4CCC(CC5CCCC5)C4)cc3)c2n1. The van der Waals surface area contributed by atoms with E-state index < -0.39 is 0 Å². The van der Waals surface area contributed by atoms with E-state index in [1.54, 1.807) is 11.8 Å². The molecule has 8 heteroatoms. The van der Waals surface area contributed by atoms with Gasteiger partial charge in [0.2, 0.25) is 0 Å². The van der Waals surface area contributed by atoms with E-state index in [2.05, 4.69) is 51.8 Å². The highest BCUT2D eigenvalue weighted by molar-refractivity contribution is 7.99. The van der Waals surface area contributed by atoms with Crippen LogP contribution in [0, 0.1) is 11.8 Å². The fourth-order valence-corrected chi connectivity index (χ4v) is 6.59. The number of hydrogen-bond acceptors (Lipinski definition) is 7. The highest BCUT2D eigenvalue weighted by Crippen LogP contribution is 2.43. The third kappa shape index (κ3) is 5.97. The molecule has 0 amide bonds. The molecule has 2 saturated carbocycles. The number of thioether (sulfide) groups is 1. The van der Waals surface area contributed by atoms with E-state index in [0.717, 1.165) is 40.7 Å². The molecular weight excluding hydrogens is 454 g/mol. The molecule has 2 heterocycles. The van der Waals surface area contributed by atoms with Crippen LogP contribution in [0.2, 0.25) is 0 Å². The van der Waals surface area contributed by atoms with Gasteiger partial charge in [-0.1, -0.05) is 73.8 Å². The first kappa shape index (κ1) is 24.5. The van der Waals surface area contributed by atoms with Crippen LogP contribution >= 0.6 is 11.8 Å². The van der Waals surface area contributed by atoms with Crippen molar-refractivity contribution < 1.29 is 0 Å². The fourth-order valence-electron chi connectivity index (χ4n) is 5.89. The maximum absolute atomic E-state index is 5.69. The number of nitrogens with two attached hydrogens (primary N) is 1. The minimum atomic E-state index is 0.533. The smallest absolute Gasteiger partial charge is 0.191 e. The van der Waals surface area contributed by atoms with Crippen molar-refractivity contribution in [3.8, 4) is 0 Å². The molecule has 0 spiro atoms. The summed E-state index contributed by atoms with van der Waals surface area (Å²) in [6.45, 7) is 3.99. The first-order chi connectivity index (χ1) is 17.2. The number of hydrogen-bond donors (Lipinski definition) is 2. The van der Waals surface area contributed by atoms with E-state index in [1.165, 1.54) is 62.5 Å². The Morgan fingerprint density at radius 2 is 1.89 bits per heavy atom. The predicted molar refractivity (Wildman–Crippen MR) is 144 cm³/mol. The van der Waals surface area contributed by atoms with Crippen LogP contribution in [0.5, 0.6) is 0 Å². The third-order valence-electron chi connectivity index (χ3n) is 7.68. The summed E-state index contributed by atoms with van der Waals surface area (Å²) in [5.41, 5.74) is 9.89. The molecule has 2 fully saturated rings. The van der Waals surface area contributed by atoms with Crippen LogP contribution in [0.25, 0.3) is 11.2 Å². The van der Waals surface area contributed by atoms with Gasteiger partial charge in [-0.3, -0.25) is 0 Å². The van der Waals surface area contributed by atoms with Gasteiger partial charge in [-0.25, -0.2) is 14.6 Å². The summed E-state index contributed by atoms with van der Waals surface area (Å²) in [5.74, 6) is 4.37. The van der Waals surface area contributed by atoms with Crippen molar-refractivity contribution in [1.82, 2.24) is 25.0 Å². The van der Waals surface area contributed by atoms with Crippen LogP contribution in [-0.2, 0) is 6.54 Å². The molecule has 2 unspecified atom stereocenters. The summed E-state index contributed by atoms with van der Waals surface area (Å²) in [5, 5.41) is 12.9.